The maximum Gasteiger partial charge on any atom is 0.241 e. The first-order valence-electron chi connectivity index (χ1n) is 9.04. The van der Waals surface area contributed by atoms with Gasteiger partial charge in [0, 0.05) is 6.54 Å². The summed E-state index contributed by atoms with van der Waals surface area (Å²) in [6, 6.07) is 19.3. The summed E-state index contributed by atoms with van der Waals surface area (Å²) in [5, 5.41) is 5.02. The highest BCUT2D eigenvalue weighted by Crippen LogP contribution is 2.24. The second kappa shape index (κ2) is 8.02. The highest BCUT2D eigenvalue weighted by Gasteiger charge is 2.22. The van der Waals surface area contributed by atoms with Gasteiger partial charge in [-0.05, 0) is 47.4 Å². The topological polar surface area (TPSA) is 66.5 Å². The average molecular weight is 397 g/mol. The lowest BCUT2D eigenvalue weighted by Crippen LogP contribution is -2.40. The number of carbonyl (C=O) groups excluding carboxylic acids is 1. The van der Waals surface area contributed by atoms with Gasteiger partial charge in [-0.3, -0.25) is 9.10 Å². The van der Waals surface area contributed by atoms with Crippen LogP contribution in [0.4, 0.5) is 5.69 Å². The second-order valence-electron chi connectivity index (χ2n) is 6.90. The zero-order valence-corrected chi connectivity index (χ0v) is 17.1. The highest BCUT2D eigenvalue weighted by atomic mass is 32.2. The molecule has 0 unspecified atom stereocenters. The number of sulfonamides is 1. The van der Waals surface area contributed by atoms with Gasteiger partial charge in [0.1, 0.15) is 6.54 Å². The molecule has 1 N–H and O–H groups in total. The molecule has 0 saturated carbocycles. The van der Waals surface area contributed by atoms with Gasteiger partial charge in [-0.2, -0.15) is 0 Å². The van der Waals surface area contributed by atoms with E-state index in [0.29, 0.717) is 12.2 Å². The number of benzene rings is 3. The fraction of sp³-hybridized carbons (Fsp3) is 0.227. The van der Waals surface area contributed by atoms with Crippen molar-refractivity contribution in [2.75, 3.05) is 17.1 Å². The van der Waals surface area contributed by atoms with Crippen molar-refractivity contribution in [3.05, 3.63) is 77.4 Å². The van der Waals surface area contributed by atoms with Gasteiger partial charge in [-0.25, -0.2) is 8.42 Å². The van der Waals surface area contributed by atoms with Crippen molar-refractivity contribution >= 4 is 32.4 Å². The number of hydrogen-bond acceptors (Lipinski definition) is 3. The third kappa shape index (κ3) is 4.34. The van der Waals surface area contributed by atoms with Crippen LogP contribution >= 0.6 is 0 Å². The van der Waals surface area contributed by atoms with Crippen molar-refractivity contribution in [3.63, 3.8) is 0 Å². The van der Waals surface area contributed by atoms with Crippen LogP contribution in [0.3, 0.4) is 0 Å². The predicted molar refractivity (Wildman–Crippen MR) is 114 cm³/mol. The zero-order valence-electron chi connectivity index (χ0n) is 16.3. The monoisotopic (exact) mass is 396 g/mol. The second-order valence-corrected chi connectivity index (χ2v) is 8.81. The van der Waals surface area contributed by atoms with Crippen LogP contribution in [0.15, 0.2) is 60.7 Å². The lowest BCUT2D eigenvalue weighted by atomic mass is 10.0. The first kappa shape index (κ1) is 19.9. The van der Waals surface area contributed by atoms with Crippen LogP contribution in [0.2, 0.25) is 0 Å². The van der Waals surface area contributed by atoms with Crippen LogP contribution in [0.1, 0.15) is 16.7 Å². The Morgan fingerprint density at radius 1 is 0.964 bits per heavy atom. The number of rotatable bonds is 6. The molecule has 0 aliphatic heterocycles. The Hall–Kier alpha value is -2.86. The highest BCUT2D eigenvalue weighted by molar-refractivity contribution is 7.92. The molecular formula is C22H24N2O3S. The van der Waals surface area contributed by atoms with Gasteiger partial charge in [0.05, 0.1) is 11.9 Å². The number of anilines is 1. The van der Waals surface area contributed by atoms with E-state index >= 15 is 0 Å². The minimum absolute atomic E-state index is 0.256. The van der Waals surface area contributed by atoms with Gasteiger partial charge < -0.3 is 5.32 Å². The van der Waals surface area contributed by atoms with E-state index in [9.17, 15) is 13.2 Å². The summed E-state index contributed by atoms with van der Waals surface area (Å²) in [7, 11) is -3.60. The van der Waals surface area contributed by atoms with Crippen molar-refractivity contribution in [2.24, 2.45) is 0 Å². The predicted octanol–water partition coefficient (Wildman–Crippen LogP) is 3.54. The summed E-state index contributed by atoms with van der Waals surface area (Å²) >= 11 is 0. The summed E-state index contributed by atoms with van der Waals surface area (Å²) in [6.07, 6.45) is 1.12. The molecule has 3 aromatic carbocycles. The van der Waals surface area contributed by atoms with Crippen LogP contribution in [0.5, 0.6) is 0 Å². The third-order valence-corrected chi connectivity index (χ3v) is 6.01. The van der Waals surface area contributed by atoms with Gasteiger partial charge in [0.25, 0.3) is 0 Å². The number of nitrogens with one attached hydrogen (secondary N) is 1. The van der Waals surface area contributed by atoms with Crippen molar-refractivity contribution in [3.8, 4) is 0 Å². The molecule has 0 atom stereocenters. The van der Waals surface area contributed by atoms with E-state index in [1.165, 1.54) is 0 Å². The summed E-state index contributed by atoms with van der Waals surface area (Å²) in [5.74, 6) is -0.348. The lowest BCUT2D eigenvalue weighted by molar-refractivity contribution is -0.119. The van der Waals surface area contributed by atoms with E-state index < -0.39 is 10.0 Å². The fourth-order valence-electron chi connectivity index (χ4n) is 3.21. The quantitative estimate of drug-likeness (QED) is 0.693. The number of aryl methyl sites for hydroxylation is 1. The molecule has 0 heterocycles. The van der Waals surface area contributed by atoms with Gasteiger partial charge in [-0.1, -0.05) is 54.6 Å². The van der Waals surface area contributed by atoms with Crippen molar-refractivity contribution in [1.29, 1.82) is 0 Å². The molecule has 0 fully saturated rings. The summed E-state index contributed by atoms with van der Waals surface area (Å²) in [4.78, 5) is 12.6. The molecule has 0 spiro atoms. The molecule has 5 nitrogen and oxygen atoms in total. The largest absolute Gasteiger partial charge is 0.350 e. The summed E-state index contributed by atoms with van der Waals surface area (Å²) < 4.78 is 25.8. The first-order valence-corrected chi connectivity index (χ1v) is 10.9. The number of hydrogen-bond donors (Lipinski definition) is 1. The van der Waals surface area contributed by atoms with Gasteiger partial charge in [-0.15, -0.1) is 0 Å². The number of nitrogens with zero attached hydrogens (tertiary/aromatic N) is 1. The third-order valence-electron chi connectivity index (χ3n) is 4.89. The molecular weight excluding hydrogens is 372 g/mol. The number of fused-ring (bicyclic) bond motifs is 1. The standard InChI is InChI=1S/C22H24N2O3S/c1-16-8-6-13-21(17(16)2)24(28(3,26)27)15-22(25)23-14-19-11-7-10-18-9-4-5-12-20(18)19/h4-13H,14-15H2,1-3H3,(H,23,25). The molecule has 1 amide bonds. The number of amides is 1. The first-order chi connectivity index (χ1) is 13.3. The molecule has 3 rings (SSSR count). The number of carbonyl (C=O) groups is 1. The van der Waals surface area contributed by atoms with Crippen LogP contribution in [0.25, 0.3) is 10.8 Å². The van der Waals surface area contributed by atoms with Gasteiger partial charge in [0.2, 0.25) is 15.9 Å². The summed E-state index contributed by atoms with van der Waals surface area (Å²) in [5.41, 5.74) is 3.34. The van der Waals surface area contributed by atoms with E-state index in [-0.39, 0.29) is 12.5 Å². The molecule has 6 heteroatoms. The Balaban J connectivity index is 1.79. The Morgan fingerprint density at radius 3 is 2.39 bits per heavy atom. The molecule has 0 aliphatic carbocycles. The van der Waals surface area contributed by atoms with Crippen molar-refractivity contribution in [2.45, 2.75) is 20.4 Å². The molecule has 0 saturated heterocycles. The minimum atomic E-state index is -3.60. The molecule has 146 valence electrons. The summed E-state index contributed by atoms with van der Waals surface area (Å²) in [6.45, 7) is 3.86. The van der Waals surface area contributed by atoms with Crippen molar-refractivity contribution < 1.29 is 13.2 Å². The van der Waals surface area contributed by atoms with Crippen molar-refractivity contribution in [1.82, 2.24) is 5.32 Å². The molecule has 3 aromatic rings. The Labute approximate surface area is 166 Å². The molecule has 0 radical (unpaired) electrons. The normalized spacial score (nSPS) is 11.4. The van der Waals surface area contributed by atoms with Gasteiger partial charge >= 0.3 is 0 Å². The molecule has 28 heavy (non-hydrogen) atoms. The van der Waals surface area contributed by atoms with E-state index in [1.54, 1.807) is 12.1 Å². The molecule has 0 aliphatic rings. The lowest BCUT2D eigenvalue weighted by Gasteiger charge is -2.24. The fourth-order valence-corrected chi connectivity index (χ4v) is 4.12. The molecule has 0 aromatic heterocycles. The SMILES string of the molecule is Cc1cccc(N(CC(=O)NCc2cccc3ccccc23)S(C)(=O)=O)c1C. The average Bonchev–Trinajstić information content (AvgIpc) is 2.66. The maximum absolute atomic E-state index is 12.6. The van der Waals surface area contributed by atoms with E-state index in [0.717, 1.165) is 38.0 Å². The minimum Gasteiger partial charge on any atom is -0.350 e. The van der Waals surface area contributed by atoms with Crippen LogP contribution in [0, 0.1) is 13.8 Å². The van der Waals surface area contributed by atoms with Crippen LogP contribution in [-0.4, -0.2) is 27.1 Å². The van der Waals surface area contributed by atoms with E-state index in [2.05, 4.69) is 5.32 Å². The molecule has 0 bridgehead atoms. The van der Waals surface area contributed by atoms with Crippen LogP contribution in [-0.2, 0) is 21.4 Å². The zero-order chi connectivity index (χ0) is 20.3. The maximum atomic E-state index is 12.6. The Kier molecular flexibility index (Phi) is 5.70. The van der Waals surface area contributed by atoms with E-state index in [1.807, 2.05) is 62.4 Å². The smallest absolute Gasteiger partial charge is 0.241 e. The van der Waals surface area contributed by atoms with E-state index in [4.69, 9.17) is 0 Å². The Bertz CT molecular complexity index is 1120. The van der Waals surface area contributed by atoms with Gasteiger partial charge in [0.15, 0.2) is 0 Å². The van der Waals surface area contributed by atoms with Crippen LogP contribution < -0.4 is 9.62 Å². The Morgan fingerprint density at radius 2 is 1.64 bits per heavy atom.